The second kappa shape index (κ2) is 9.06. The molecule has 1 atom stereocenters. The summed E-state index contributed by atoms with van der Waals surface area (Å²) in [4.78, 5) is 7.25. The summed E-state index contributed by atoms with van der Waals surface area (Å²) in [6, 6.07) is 19.4. The molecule has 33 heavy (non-hydrogen) atoms. The second-order valence-electron chi connectivity index (χ2n) is 7.98. The van der Waals surface area contributed by atoms with Crippen LogP contribution in [0.4, 0.5) is 5.82 Å². The van der Waals surface area contributed by atoms with Gasteiger partial charge < -0.3 is 10.0 Å². The number of aliphatic hydroxyl groups excluding tert-OH is 1. The average molecular weight is 476 g/mol. The van der Waals surface area contributed by atoms with E-state index in [0.717, 1.165) is 58.3 Å². The molecule has 0 unspecified atom stereocenters. The highest BCUT2D eigenvalue weighted by Gasteiger charge is 2.27. The molecule has 1 aliphatic rings. The zero-order chi connectivity index (χ0) is 22.9. The fraction of sp³-hybridized carbons (Fsp3) is 0.240. The molecule has 0 spiro atoms. The van der Waals surface area contributed by atoms with E-state index in [-0.39, 0.29) is 12.6 Å². The minimum absolute atomic E-state index is 0.0783. The maximum Gasteiger partial charge on any atom is 0.167 e. The lowest BCUT2D eigenvalue weighted by Crippen LogP contribution is -2.32. The molecule has 1 saturated heterocycles. The van der Waals surface area contributed by atoms with E-state index in [1.165, 1.54) is 0 Å². The number of hydrogen-bond donors (Lipinski definition) is 1. The third-order valence-corrected chi connectivity index (χ3v) is 7.02. The molecular weight excluding hydrogens is 454 g/mol. The number of hydrogen-bond acceptors (Lipinski definition) is 6. The molecule has 2 aromatic carbocycles. The van der Waals surface area contributed by atoms with Crippen molar-refractivity contribution in [2.24, 2.45) is 0 Å². The van der Waals surface area contributed by atoms with E-state index >= 15 is 0 Å². The molecule has 0 amide bonds. The van der Waals surface area contributed by atoms with Crippen molar-refractivity contribution in [1.29, 1.82) is 5.26 Å². The summed E-state index contributed by atoms with van der Waals surface area (Å²) in [6.07, 6.45) is 4.02. The van der Waals surface area contributed by atoms with Crippen molar-refractivity contribution >= 4 is 34.8 Å². The van der Waals surface area contributed by atoms with Gasteiger partial charge in [0.1, 0.15) is 16.5 Å². The van der Waals surface area contributed by atoms with Gasteiger partial charge in [0.05, 0.1) is 29.8 Å². The Morgan fingerprint density at radius 3 is 2.55 bits per heavy atom. The molecule has 5 rings (SSSR count). The van der Waals surface area contributed by atoms with Crippen molar-refractivity contribution in [3.8, 4) is 28.5 Å². The van der Waals surface area contributed by atoms with Crippen molar-refractivity contribution < 1.29 is 5.11 Å². The Balaban J connectivity index is 1.78. The molecule has 2 aromatic heterocycles. The van der Waals surface area contributed by atoms with Gasteiger partial charge in [-0.2, -0.15) is 10.4 Å². The third kappa shape index (κ3) is 3.95. The number of fused-ring (bicyclic) bond motifs is 1. The number of nitrogens with zero attached hydrogens (tertiary/aromatic N) is 5. The Labute approximate surface area is 201 Å². The van der Waals surface area contributed by atoms with Gasteiger partial charge in [-0.3, -0.25) is 0 Å². The summed E-state index contributed by atoms with van der Waals surface area (Å²) >= 11 is 7.78. The molecule has 4 aromatic rings. The van der Waals surface area contributed by atoms with Gasteiger partial charge in [0.15, 0.2) is 5.65 Å². The van der Waals surface area contributed by atoms with Gasteiger partial charge in [0.2, 0.25) is 0 Å². The lowest BCUT2D eigenvalue weighted by Gasteiger charge is -2.24. The maximum atomic E-state index is 9.86. The zero-order valence-electron chi connectivity index (χ0n) is 18.1. The molecule has 0 aliphatic carbocycles. The summed E-state index contributed by atoms with van der Waals surface area (Å²) < 4.78 is 1.88. The number of nitriles is 1. The van der Waals surface area contributed by atoms with Gasteiger partial charge in [-0.25, -0.2) is 9.50 Å². The van der Waals surface area contributed by atoms with Crippen LogP contribution in [0.5, 0.6) is 0 Å². The van der Waals surface area contributed by atoms with Gasteiger partial charge in [-0.1, -0.05) is 35.9 Å². The lowest BCUT2D eigenvalue weighted by atomic mass is 10.0. The van der Waals surface area contributed by atoms with Gasteiger partial charge in [-0.05, 0) is 48.9 Å². The Kier molecular flexibility index (Phi) is 5.98. The van der Waals surface area contributed by atoms with E-state index in [0.29, 0.717) is 10.6 Å². The zero-order valence-corrected chi connectivity index (χ0v) is 19.6. The van der Waals surface area contributed by atoms with E-state index in [9.17, 15) is 10.4 Å². The summed E-state index contributed by atoms with van der Waals surface area (Å²) in [5, 5.41) is 25.7. The first kappa shape index (κ1) is 21.8. The molecule has 1 N–H and O–H groups in total. The molecule has 1 fully saturated rings. The standard InChI is InChI=1S/C25H22ClN5OS/c1-33-22-13-21(30-12-2-3-20(30)15-32)28-25-23(17-8-10-19(26)11-9-17)24(29-31(22)25)18-6-4-16(14-27)5-7-18/h4-11,13,20,32H,2-3,12,15H2,1H3/t20-/m0/s1. The Morgan fingerprint density at radius 2 is 1.88 bits per heavy atom. The topological polar surface area (TPSA) is 77.4 Å². The monoisotopic (exact) mass is 475 g/mol. The van der Waals surface area contributed by atoms with Gasteiger partial charge in [0, 0.05) is 23.2 Å². The number of aliphatic hydroxyl groups is 1. The number of aromatic nitrogens is 3. The summed E-state index contributed by atoms with van der Waals surface area (Å²) in [5.41, 5.74) is 4.93. The first-order chi connectivity index (χ1) is 16.1. The molecule has 6 nitrogen and oxygen atoms in total. The van der Waals surface area contributed by atoms with Crippen LogP contribution in [-0.4, -0.2) is 45.2 Å². The minimum atomic E-state index is 0.0783. The van der Waals surface area contributed by atoms with Crippen LogP contribution in [0.25, 0.3) is 28.0 Å². The molecular formula is C25H22ClN5OS. The van der Waals surface area contributed by atoms with E-state index in [1.807, 2.05) is 53.2 Å². The van der Waals surface area contributed by atoms with Crippen LogP contribution in [-0.2, 0) is 0 Å². The van der Waals surface area contributed by atoms with Crippen molar-refractivity contribution in [2.75, 3.05) is 24.3 Å². The van der Waals surface area contributed by atoms with E-state index in [1.54, 1.807) is 23.9 Å². The number of benzene rings is 2. The highest BCUT2D eigenvalue weighted by Crippen LogP contribution is 2.38. The van der Waals surface area contributed by atoms with Crippen molar-refractivity contribution in [3.05, 3.63) is 65.2 Å². The largest absolute Gasteiger partial charge is 0.394 e. The van der Waals surface area contributed by atoms with Gasteiger partial charge in [-0.15, -0.1) is 11.8 Å². The molecule has 166 valence electrons. The highest BCUT2D eigenvalue weighted by molar-refractivity contribution is 7.98. The van der Waals surface area contributed by atoms with Crippen molar-refractivity contribution in [1.82, 2.24) is 14.6 Å². The number of halogens is 1. The molecule has 8 heteroatoms. The minimum Gasteiger partial charge on any atom is -0.394 e. The fourth-order valence-electron chi connectivity index (χ4n) is 4.39. The van der Waals surface area contributed by atoms with Crippen LogP contribution in [0.3, 0.4) is 0 Å². The van der Waals surface area contributed by atoms with E-state index in [4.69, 9.17) is 21.7 Å². The highest BCUT2D eigenvalue weighted by atomic mass is 35.5. The molecule has 0 saturated carbocycles. The summed E-state index contributed by atoms with van der Waals surface area (Å²) in [6.45, 7) is 0.983. The van der Waals surface area contributed by atoms with Crippen LogP contribution >= 0.6 is 23.4 Å². The Bertz CT molecular complexity index is 1340. The molecule has 0 bridgehead atoms. The maximum absolute atomic E-state index is 9.86. The second-order valence-corrected chi connectivity index (χ2v) is 9.25. The molecule has 1 aliphatic heterocycles. The van der Waals surface area contributed by atoms with Gasteiger partial charge >= 0.3 is 0 Å². The van der Waals surface area contributed by atoms with Crippen molar-refractivity contribution in [2.45, 2.75) is 23.9 Å². The Morgan fingerprint density at radius 1 is 1.15 bits per heavy atom. The number of rotatable bonds is 5. The SMILES string of the molecule is CSc1cc(N2CCC[C@H]2CO)nc2c(-c3ccc(Cl)cc3)c(-c3ccc(C#N)cc3)nn12. The predicted octanol–water partition coefficient (Wildman–Crippen LogP) is 5.27. The first-order valence-corrected chi connectivity index (χ1v) is 12.3. The third-order valence-electron chi connectivity index (χ3n) is 6.05. The van der Waals surface area contributed by atoms with E-state index in [2.05, 4.69) is 11.0 Å². The summed E-state index contributed by atoms with van der Waals surface area (Å²) in [5.74, 6) is 0.852. The van der Waals surface area contributed by atoms with Gasteiger partial charge in [0.25, 0.3) is 0 Å². The van der Waals surface area contributed by atoms with E-state index < -0.39 is 0 Å². The average Bonchev–Trinajstić information content (AvgIpc) is 3.49. The fourth-order valence-corrected chi connectivity index (χ4v) is 5.03. The van der Waals surface area contributed by atoms with Crippen LogP contribution in [0.1, 0.15) is 18.4 Å². The predicted molar refractivity (Wildman–Crippen MR) is 133 cm³/mol. The quantitative estimate of drug-likeness (QED) is 0.313. The van der Waals surface area contributed by atoms with Crippen LogP contribution in [0, 0.1) is 11.3 Å². The molecule has 0 radical (unpaired) electrons. The van der Waals surface area contributed by atoms with Crippen LogP contribution in [0.15, 0.2) is 59.6 Å². The number of anilines is 1. The normalized spacial score (nSPS) is 15.8. The lowest BCUT2D eigenvalue weighted by molar-refractivity contribution is 0.266. The Hall–Kier alpha value is -3.05. The smallest absolute Gasteiger partial charge is 0.167 e. The first-order valence-electron chi connectivity index (χ1n) is 10.7. The van der Waals surface area contributed by atoms with Crippen LogP contribution < -0.4 is 4.90 Å². The van der Waals surface area contributed by atoms with Crippen LogP contribution in [0.2, 0.25) is 5.02 Å². The van der Waals surface area contributed by atoms with Crippen molar-refractivity contribution in [3.63, 3.8) is 0 Å². The summed E-state index contributed by atoms with van der Waals surface area (Å²) in [7, 11) is 0. The number of thioether (sulfide) groups is 1. The molecule has 3 heterocycles.